The SMILES string of the molecule is CCNc1nc(N2CCOCC2)nc(N2CCN(C(=O)OC)CC2)n1. The van der Waals surface area contributed by atoms with Crippen molar-refractivity contribution in [2.75, 3.05) is 81.3 Å². The Bertz CT molecular complexity index is 586. The zero-order chi connectivity index (χ0) is 17.6. The highest BCUT2D eigenvalue weighted by Crippen LogP contribution is 2.19. The molecule has 10 nitrogen and oxygen atoms in total. The number of hydrogen-bond donors (Lipinski definition) is 1. The number of nitrogens with one attached hydrogen (secondary N) is 1. The molecule has 25 heavy (non-hydrogen) atoms. The molecule has 0 bridgehead atoms. The average molecular weight is 351 g/mol. The zero-order valence-electron chi connectivity index (χ0n) is 14.8. The van der Waals surface area contributed by atoms with Crippen molar-refractivity contribution in [1.82, 2.24) is 19.9 Å². The van der Waals surface area contributed by atoms with Crippen LogP contribution in [0.4, 0.5) is 22.6 Å². The monoisotopic (exact) mass is 351 g/mol. The summed E-state index contributed by atoms with van der Waals surface area (Å²) in [5.74, 6) is 1.88. The highest BCUT2D eigenvalue weighted by Gasteiger charge is 2.25. The van der Waals surface area contributed by atoms with Crippen LogP contribution in [0, 0.1) is 0 Å². The molecule has 2 aliphatic rings. The van der Waals surface area contributed by atoms with Crippen molar-refractivity contribution < 1.29 is 14.3 Å². The molecular formula is C15H25N7O3. The van der Waals surface area contributed by atoms with Crippen molar-refractivity contribution in [2.45, 2.75) is 6.92 Å². The summed E-state index contributed by atoms with van der Waals surface area (Å²) in [6, 6.07) is 0. The molecule has 0 unspecified atom stereocenters. The lowest BCUT2D eigenvalue weighted by molar-refractivity contribution is 0.121. The number of carbonyl (C=O) groups is 1. The molecule has 1 aromatic heterocycles. The summed E-state index contributed by atoms with van der Waals surface area (Å²) in [6.45, 7) is 8.13. The van der Waals surface area contributed by atoms with Gasteiger partial charge in [0.05, 0.1) is 20.3 Å². The second-order valence-corrected chi connectivity index (χ2v) is 5.83. The Hall–Kier alpha value is -2.36. The van der Waals surface area contributed by atoms with Crippen molar-refractivity contribution >= 4 is 23.9 Å². The van der Waals surface area contributed by atoms with Crippen LogP contribution in [0.2, 0.25) is 0 Å². The molecule has 2 saturated heterocycles. The van der Waals surface area contributed by atoms with Gasteiger partial charge in [-0.2, -0.15) is 15.0 Å². The number of amides is 1. The Morgan fingerprint density at radius 3 is 2.20 bits per heavy atom. The molecule has 10 heteroatoms. The Morgan fingerprint density at radius 2 is 1.64 bits per heavy atom. The molecule has 3 rings (SSSR count). The van der Waals surface area contributed by atoms with Gasteiger partial charge in [-0.15, -0.1) is 0 Å². The summed E-state index contributed by atoms with van der Waals surface area (Å²) in [6.07, 6.45) is -0.294. The third-order valence-electron chi connectivity index (χ3n) is 4.24. The molecule has 0 aromatic carbocycles. The number of methoxy groups -OCH3 is 1. The first-order chi connectivity index (χ1) is 12.2. The van der Waals surface area contributed by atoms with Crippen LogP contribution in [-0.4, -0.2) is 92.1 Å². The van der Waals surface area contributed by atoms with E-state index in [0.717, 1.165) is 19.6 Å². The van der Waals surface area contributed by atoms with Crippen molar-refractivity contribution in [1.29, 1.82) is 0 Å². The van der Waals surface area contributed by atoms with E-state index in [9.17, 15) is 4.79 Å². The van der Waals surface area contributed by atoms with Gasteiger partial charge in [0.1, 0.15) is 0 Å². The Balaban J connectivity index is 1.76. The summed E-state index contributed by atoms with van der Waals surface area (Å²) >= 11 is 0. The van der Waals surface area contributed by atoms with E-state index in [0.29, 0.717) is 57.2 Å². The molecule has 1 amide bonds. The fourth-order valence-corrected chi connectivity index (χ4v) is 2.86. The minimum absolute atomic E-state index is 0.294. The second-order valence-electron chi connectivity index (χ2n) is 5.83. The number of anilines is 3. The van der Waals surface area contributed by atoms with Gasteiger partial charge in [0.2, 0.25) is 17.8 Å². The van der Waals surface area contributed by atoms with Crippen LogP contribution in [0.3, 0.4) is 0 Å². The minimum atomic E-state index is -0.294. The maximum absolute atomic E-state index is 11.6. The summed E-state index contributed by atoms with van der Waals surface area (Å²) in [5.41, 5.74) is 0. The number of piperazine rings is 1. The van der Waals surface area contributed by atoms with Gasteiger partial charge in [0.25, 0.3) is 0 Å². The van der Waals surface area contributed by atoms with Crippen LogP contribution < -0.4 is 15.1 Å². The topological polar surface area (TPSA) is 96.0 Å². The van der Waals surface area contributed by atoms with Gasteiger partial charge in [-0.1, -0.05) is 0 Å². The van der Waals surface area contributed by atoms with E-state index in [-0.39, 0.29) is 6.09 Å². The number of aromatic nitrogens is 3. The van der Waals surface area contributed by atoms with Gasteiger partial charge in [0.15, 0.2) is 0 Å². The molecule has 1 aromatic rings. The van der Waals surface area contributed by atoms with Crippen molar-refractivity contribution in [3.05, 3.63) is 0 Å². The van der Waals surface area contributed by atoms with E-state index in [1.807, 2.05) is 6.92 Å². The fourth-order valence-electron chi connectivity index (χ4n) is 2.86. The largest absolute Gasteiger partial charge is 0.453 e. The van der Waals surface area contributed by atoms with Crippen LogP contribution >= 0.6 is 0 Å². The summed E-state index contributed by atoms with van der Waals surface area (Å²) in [7, 11) is 1.40. The lowest BCUT2D eigenvalue weighted by Crippen LogP contribution is -2.49. The van der Waals surface area contributed by atoms with E-state index in [2.05, 4.69) is 30.1 Å². The Kier molecular flexibility index (Phi) is 5.69. The third kappa shape index (κ3) is 4.19. The zero-order valence-corrected chi connectivity index (χ0v) is 14.8. The van der Waals surface area contributed by atoms with E-state index in [4.69, 9.17) is 9.47 Å². The van der Waals surface area contributed by atoms with Crippen molar-refractivity contribution in [3.63, 3.8) is 0 Å². The quantitative estimate of drug-likeness (QED) is 0.806. The number of nitrogens with zero attached hydrogens (tertiary/aromatic N) is 6. The van der Waals surface area contributed by atoms with E-state index < -0.39 is 0 Å². The first-order valence-electron chi connectivity index (χ1n) is 8.61. The molecule has 2 fully saturated rings. The molecule has 2 aliphatic heterocycles. The molecule has 138 valence electrons. The molecule has 3 heterocycles. The van der Waals surface area contributed by atoms with E-state index in [1.165, 1.54) is 7.11 Å². The van der Waals surface area contributed by atoms with Crippen LogP contribution in [0.15, 0.2) is 0 Å². The summed E-state index contributed by atoms with van der Waals surface area (Å²) in [4.78, 5) is 31.2. The summed E-state index contributed by atoms with van der Waals surface area (Å²) < 4.78 is 10.2. The maximum atomic E-state index is 11.6. The Morgan fingerprint density at radius 1 is 1.04 bits per heavy atom. The normalized spacial score (nSPS) is 18.2. The Labute approximate surface area is 147 Å². The smallest absolute Gasteiger partial charge is 0.409 e. The first-order valence-corrected chi connectivity index (χ1v) is 8.61. The molecule has 0 aliphatic carbocycles. The van der Waals surface area contributed by atoms with Crippen LogP contribution in [0.25, 0.3) is 0 Å². The van der Waals surface area contributed by atoms with Crippen LogP contribution in [0.1, 0.15) is 6.92 Å². The number of ether oxygens (including phenoxy) is 2. The van der Waals surface area contributed by atoms with Gasteiger partial charge < -0.3 is 29.5 Å². The second kappa shape index (κ2) is 8.15. The lowest BCUT2D eigenvalue weighted by Gasteiger charge is -2.34. The minimum Gasteiger partial charge on any atom is -0.453 e. The van der Waals surface area contributed by atoms with Gasteiger partial charge >= 0.3 is 6.09 Å². The summed E-state index contributed by atoms with van der Waals surface area (Å²) in [5, 5.41) is 3.17. The standard InChI is InChI=1S/C15H25N7O3/c1-3-16-12-17-13(19-14(18-12)21-8-10-25-11-9-21)20-4-6-22(7-5-20)15(23)24-2/h3-11H2,1-2H3,(H,16,17,18,19). The van der Waals surface area contributed by atoms with Gasteiger partial charge in [-0.3, -0.25) is 0 Å². The number of morpholine rings is 1. The van der Waals surface area contributed by atoms with Gasteiger partial charge in [-0.25, -0.2) is 4.79 Å². The van der Waals surface area contributed by atoms with E-state index >= 15 is 0 Å². The van der Waals surface area contributed by atoms with Crippen LogP contribution in [-0.2, 0) is 9.47 Å². The first kappa shape index (κ1) is 17.5. The highest BCUT2D eigenvalue weighted by molar-refractivity contribution is 5.67. The van der Waals surface area contributed by atoms with Crippen molar-refractivity contribution in [2.24, 2.45) is 0 Å². The van der Waals surface area contributed by atoms with Crippen LogP contribution in [0.5, 0.6) is 0 Å². The van der Waals surface area contributed by atoms with Gasteiger partial charge in [0, 0.05) is 45.8 Å². The third-order valence-corrected chi connectivity index (χ3v) is 4.24. The molecule has 1 N–H and O–H groups in total. The fraction of sp³-hybridized carbons (Fsp3) is 0.733. The lowest BCUT2D eigenvalue weighted by atomic mass is 10.3. The predicted molar refractivity (Wildman–Crippen MR) is 93.2 cm³/mol. The van der Waals surface area contributed by atoms with Crippen molar-refractivity contribution in [3.8, 4) is 0 Å². The molecule has 0 atom stereocenters. The highest BCUT2D eigenvalue weighted by atomic mass is 16.5. The van der Waals surface area contributed by atoms with Gasteiger partial charge in [-0.05, 0) is 6.92 Å². The average Bonchev–Trinajstić information content (AvgIpc) is 2.68. The van der Waals surface area contributed by atoms with E-state index in [1.54, 1.807) is 4.90 Å². The molecule has 0 spiro atoms. The molecule has 0 radical (unpaired) electrons. The predicted octanol–water partition coefficient (Wildman–Crippen LogP) is 0.0284. The number of carbonyl (C=O) groups excluding carboxylic acids is 1. The maximum Gasteiger partial charge on any atom is 0.409 e. The molecule has 0 saturated carbocycles. The number of hydrogen-bond acceptors (Lipinski definition) is 9. The molecular weight excluding hydrogens is 326 g/mol. The number of rotatable bonds is 4.